The number of esters is 1. The summed E-state index contributed by atoms with van der Waals surface area (Å²) in [5.41, 5.74) is 0.636. The van der Waals surface area contributed by atoms with Gasteiger partial charge in [-0.05, 0) is 13.8 Å². The Balaban J connectivity index is 3.17. The maximum absolute atomic E-state index is 11.4. The molecule has 0 atom stereocenters. The summed E-state index contributed by atoms with van der Waals surface area (Å²) < 4.78 is 4.76. The Labute approximate surface area is 87.5 Å². The Bertz CT molecular complexity index is 402. The van der Waals surface area contributed by atoms with Gasteiger partial charge in [-0.2, -0.15) is 0 Å². The highest BCUT2D eigenvalue weighted by Gasteiger charge is 2.18. The Kier molecular flexibility index (Phi) is 3.49. The van der Waals surface area contributed by atoms with E-state index in [1.807, 2.05) is 0 Å². The van der Waals surface area contributed by atoms with Crippen molar-refractivity contribution in [3.63, 3.8) is 0 Å². The first-order valence-corrected chi connectivity index (χ1v) is 4.58. The molecule has 0 amide bonds. The molecule has 15 heavy (non-hydrogen) atoms. The van der Waals surface area contributed by atoms with Crippen LogP contribution in [-0.4, -0.2) is 28.3 Å². The summed E-state index contributed by atoms with van der Waals surface area (Å²) in [6, 6.07) is 0. The lowest BCUT2D eigenvalue weighted by Gasteiger charge is -2.04. The van der Waals surface area contributed by atoms with Crippen LogP contribution in [0.1, 0.15) is 40.5 Å². The fourth-order valence-electron chi connectivity index (χ4n) is 1.07. The summed E-state index contributed by atoms with van der Waals surface area (Å²) in [6.07, 6.45) is 1.43. The number of hydrogen-bond donors (Lipinski definition) is 0. The van der Waals surface area contributed by atoms with Crippen molar-refractivity contribution in [1.29, 1.82) is 0 Å². The molecule has 5 heteroatoms. The second-order valence-corrected chi connectivity index (χ2v) is 2.99. The van der Waals surface area contributed by atoms with E-state index in [1.165, 1.54) is 13.1 Å². The average Bonchev–Trinajstić information content (AvgIpc) is 2.17. The van der Waals surface area contributed by atoms with Crippen molar-refractivity contribution < 1.29 is 14.3 Å². The zero-order valence-electron chi connectivity index (χ0n) is 8.90. The molecule has 0 saturated carbocycles. The van der Waals surface area contributed by atoms with E-state index in [0.717, 1.165) is 0 Å². The lowest BCUT2D eigenvalue weighted by atomic mass is 10.2. The van der Waals surface area contributed by atoms with Crippen LogP contribution in [0.4, 0.5) is 0 Å². The van der Waals surface area contributed by atoms with E-state index in [2.05, 4.69) is 9.97 Å². The van der Waals surface area contributed by atoms with Gasteiger partial charge >= 0.3 is 5.97 Å². The zero-order chi connectivity index (χ0) is 11.4. The molecule has 1 aromatic heterocycles. The monoisotopic (exact) mass is 208 g/mol. The van der Waals surface area contributed by atoms with Crippen LogP contribution in [0.15, 0.2) is 6.20 Å². The molecule has 5 nitrogen and oxygen atoms in total. The van der Waals surface area contributed by atoms with E-state index in [-0.39, 0.29) is 23.8 Å². The average molecular weight is 208 g/mol. The van der Waals surface area contributed by atoms with Gasteiger partial charge in [0, 0.05) is 13.1 Å². The quantitative estimate of drug-likeness (QED) is 0.550. The van der Waals surface area contributed by atoms with E-state index in [0.29, 0.717) is 5.69 Å². The summed E-state index contributed by atoms with van der Waals surface area (Å²) >= 11 is 0. The number of aryl methyl sites for hydroxylation is 1. The van der Waals surface area contributed by atoms with Crippen molar-refractivity contribution in [2.45, 2.75) is 20.8 Å². The highest BCUT2D eigenvalue weighted by atomic mass is 16.5. The molecule has 0 saturated heterocycles. The van der Waals surface area contributed by atoms with E-state index in [4.69, 9.17) is 4.74 Å². The molecule has 0 aromatic carbocycles. The number of carbonyl (C=O) groups excluding carboxylic acids is 2. The van der Waals surface area contributed by atoms with E-state index in [9.17, 15) is 9.59 Å². The van der Waals surface area contributed by atoms with Gasteiger partial charge in [0.1, 0.15) is 5.69 Å². The highest BCUT2D eigenvalue weighted by molar-refractivity contribution is 6.02. The maximum Gasteiger partial charge on any atom is 0.359 e. The van der Waals surface area contributed by atoms with Gasteiger partial charge < -0.3 is 4.74 Å². The second-order valence-electron chi connectivity index (χ2n) is 2.99. The third kappa shape index (κ3) is 2.59. The van der Waals surface area contributed by atoms with Gasteiger partial charge in [0.25, 0.3) is 0 Å². The van der Waals surface area contributed by atoms with Gasteiger partial charge in [-0.1, -0.05) is 0 Å². The summed E-state index contributed by atoms with van der Waals surface area (Å²) in [7, 11) is 0. The molecule has 0 spiro atoms. The molecule has 1 heterocycles. The van der Waals surface area contributed by atoms with Gasteiger partial charge in [-0.15, -0.1) is 0 Å². The number of nitrogens with zero attached hydrogens (tertiary/aromatic N) is 2. The molecular formula is C10H12N2O3. The second kappa shape index (κ2) is 4.63. The predicted molar refractivity (Wildman–Crippen MR) is 52.7 cm³/mol. The molecule has 0 radical (unpaired) electrons. The smallest absolute Gasteiger partial charge is 0.359 e. The van der Waals surface area contributed by atoms with Crippen LogP contribution in [0.3, 0.4) is 0 Å². The van der Waals surface area contributed by atoms with Gasteiger partial charge in [0.15, 0.2) is 11.5 Å². The topological polar surface area (TPSA) is 69.2 Å². The van der Waals surface area contributed by atoms with Crippen molar-refractivity contribution in [2.75, 3.05) is 6.61 Å². The Hall–Kier alpha value is -1.78. The predicted octanol–water partition coefficient (Wildman–Crippen LogP) is 1.16. The van der Waals surface area contributed by atoms with Gasteiger partial charge in [-0.25, -0.2) is 14.8 Å². The molecule has 0 fully saturated rings. The van der Waals surface area contributed by atoms with E-state index >= 15 is 0 Å². The molecule has 0 aliphatic carbocycles. The van der Waals surface area contributed by atoms with Crippen molar-refractivity contribution >= 4 is 11.8 Å². The largest absolute Gasteiger partial charge is 0.461 e. The number of Topliss-reactive ketones (excluding diaryl/α,β-unsaturated/α-hetero) is 1. The first-order valence-electron chi connectivity index (χ1n) is 4.58. The van der Waals surface area contributed by atoms with Crippen molar-refractivity contribution in [3.8, 4) is 0 Å². The molecule has 0 aliphatic rings. The number of ketones is 1. The van der Waals surface area contributed by atoms with Crippen molar-refractivity contribution in [3.05, 3.63) is 23.3 Å². The maximum atomic E-state index is 11.4. The van der Waals surface area contributed by atoms with Crippen LogP contribution in [0.5, 0.6) is 0 Å². The number of ether oxygens (including phenoxy) is 1. The minimum atomic E-state index is -0.616. The van der Waals surface area contributed by atoms with Gasteiger partial charge in [0.05, 0.1) is 12.3 Å². The van der Waals surface area contributed by atoms with E-state index < -0.39 is 5.97 Å². The van der Waals surface area contributed by atoms with Crippen molar-refractivity contribution in [2.24, 2.45) is 0 Å². The van der Waals surface area contributed by atoms with Crippen LogP contribution in [0.2, 0.25) is 0 Å². The van der Waals surface area contributed by atoms with Crippen LogP contribution < -0.4 is 0 Å². The first kappa shape index (κ1) is 11.3. The molecule has 0 unspecified atom stereocenters. The normalized spacial score (nSPS) is 9.80. The van der Waals surface area contributed by atoms with Crippen LogP contribution in [0, 0.1) is 6.92 Å². The lowest BCUT2D eigenvalue weighted by molar-refractivity contribution is 0.0515. The van der Waals surface area contributed by atoms with Crippen LogP contribution in [0.25, 0.3) is 0 Å². The summed E-state index contributed by atoms with van der Waals surface area (Å²) in [6.45, 7) is 4.97. The minimum absolute atomic E-state index is 0.0186. The third-order valence-electron chi connectivity index (χ3n) is 1.70. The minimum Gasteiger partial charge on any atom is -0.461 e. The Morgan fingerprint density at radius 3 is 2.60 bits per heavy atom. The fourth-order valence-corrected chi connectivity index (χ4v) is 1.07. The zero-order valence-corrected chi connectivity index (χ0v) is 8.90. The summed E-state index contributed by atoms with van der Waals surface area (Å²) in [5.74, 6) is -0.913. The third-order valence-corrected chi connectivity index (χ3v) is 1.70. The van der Waals surface area contributed by atoms with Crippen LogP contribution >= 0.6 is 0 Å². The number of hydrogen-bond acceptors (Lipinski definition) is 5. The highest BCUT2D eigenvalue weighted by Crippen LogP contribution is 2.06. The summed E-state index contributed by atoms with van der Waals surface area (Å²) in [5, 5.41) is 0. The molecule has 1 aromatic rings. The van der Waals surface area contributed by atoms with E-state index in [1.54, 1.807) is 13.8 Å². The fraction of sp³-hybridized carbons (Fsp3) is 0.400. The number of rotatable bonds is 3. The number of carbonyl (C=O) groups is 2. The lowest BCUT2D eigenvalue weighted by Crippen LogP contribution is -2.15. The Morgan fingerprint density at radius 1 is 1.40 bits per heavy atom. The molecule has 80 valence electrons. The van der Waals surface area contributed by atoms with Gasteiger partial charge in [0.2, 0.25) is 0 Å². The molecule has 1 rings (SSSR count). The molecular weight excluding hydrogens is 196 g/mol. The Morgan fingerprint density at radius 2 is 2.07 bits per heavy atom. The molecule has 0 N–H and O–H groups in total. The SMILES string of the molecule is CCOC(=O)c1ncc(C)nc1C(C)=O. The number of aromatic nitrogens is 2. The van der Waals surface area contributed by atoms with Crippen LogP contribution in [-0.2, 0) is 4.74 Å². The van der Waals surface area contributed by atoms with Gasteiger partial charge in [-0.3, -0.25) is 4.79 Å². The molecule has 0 aliphatic heterocycles. The summed E-state index contributed by atoms with van der Waals surface area (Å²) in [4.78, 5) is 30.4. The first-order chi connectivity index (χ1) is 7.06. The molecule has 0 bridgehead atoms. The van der Waals surface area contributed by atoms with Crippen molar-refractivity contribution in [1.82, 2.24) is 9.97 Å². The standard InChI is InChI=1S/C10H12N2O3/c1-4-15-10(14)9-8(7(3)13)12-6(2)5-11-9/h5H,4H2,1-3H3.